The number of nitrogens with one attached hydrogen (secondary N) is 1. The standard InChI is InChI=1S/C21H26ClNO2/c1-15(16-9-11-18(22)12-10-16)25-14-19(24)13-23-21-8-4-6-17-5-2-3-7-20(17)21/h2-3,5,7,9-12,15,19,21,23-24H,4,6,8,13-14H2,1H3/t15-,19-,21+/m0/s1. The molecule has 0 spiro atoms. The lowest BCUT2D eigenvalue weighted by Gasteiger charge is -2.27. The minimum absolute atomic E-state index is 0.0673. The largest absolute Gasteiger partial charge is 0.389 e. The van der Waals surface area contributed by atoms with Crippen molar-refractivity contribution in [1.29, 1.82) is 0 Å². The van der Waals surface area contributed by atoms with Crippen molar-refractivity contribution in [2.75, 3.05) is 13.2 Å². The third kappa shape index (κ3) is 5.05. The summed E-state index contributed by atoms with van der Waals surface area (Å²) in [5.74, 6) is 0. The van der Waals surface area contributed by atoms with Gasteiger partial charge in [-0.25, -0.2) is 0 Å². The van der Waals surface area contributed by atoms with Gasteiger partial charge in [-0.2, -0.15) is 0 Å². The fourth-order valence-electron chi connectivity index (χ4n) is 3.39. The predicted molar refractivity (Wildman–Crippen MR) is 102 cm³/mol. The molecule has 0 aliphatic heterocycles. The average molecular weight is 360 g/mol. The zero-order valence-corrected chi connectivity index (χ0v) is 15.4. The number of rotatable bonds is 7. The summed E-state index contributed by atoms with van der Waals surface area (Å²) in [5, 5.41) is 14.5. The number of halogens is 1. The van der Waals surface area contributed by atoms with Crippen LogP contribution in [-0.4, -0.2) is 24.4 Å². The van der Waals surface area contributed by atoms with Gasteiger partial charge in [0.15, 0.2) is 0 Å². The summed E-state index contributed by atoms with van der Waals surface area (Å²) in [6.07, 6.45) is 2.87. The monoisotopic (exact) mass is 359 g/mol. The number of aliphatic hydroxyl groups is 1. The molecule has 4 heteroatoms. The molecule has 0 saturated carbocycles. The van der Waals surface area contributed by atoms with Crippen LogP contribution in [0.3, 0.4) is 0 Å². The molecule has 2 N–H and O–H groups in total. The number of fused-ring (bicyclic) bond motifs is 1. The summed E-state index contributed by atoms with van der Waals surface area (Å²) < 4.78 is 5.81. The molecule has 2 aromatic carbocycles. The fraction of sp³-hybridized carbons (Fsp3) is 0.429. The maximum absolute atomic E-state index is 10.3. The van der Waals surface area contributed by atoms with Crippen molar-refractivity contribution in [3.63, 3.8) is 0 Å². The molecule has 0 aromatic heterocycles. The van der Waals surface area contributed by atoms with Crippen LogP contribution in [0.1, 0.15) is 48.6 Å². The number of hydrogen-bond donors (Lipinski definition) is 2. The van der Waals surface area contributed by atoms with Crippen molar-refractivity contribution in [3.8, 4) is 0 Å². The maximum Gasteiger partial charge on any atom is 0.0898 e. The average Bonchev–Trinajstić information content (AvgIpc) is 2.65. The van der Waals surface area contributed by atoms with E-state index in [1.807, 2.05) is 31.2 Å². The van der Waals surface area contributed by atoms with Gasteiger partial charge in [-0.05, 0) is 55.0 Å². The Morgan fingerprint density at radius 1 is 1.20 bits per heavy atom. The van der Waals surface area contributed by atoms with Gasteiger partial charge >= 0.3 is 0 Å². The van der Waals surface area contributed by atoms with Gasteiger partial charge in [-0.15, -0.1) is 0 Å². The molecule has 1 aliphatic rings. The van der Waals surface area contributed by atoms with Gasteiger partial charge < -0.3 is 15.2 Å². The summed E-state index contributed by atoms with van der Waals surface area (Å²) in [4.78, 5) is 0. The molecule has 1 aliphatic carbocycles. The van der Waals surface area contributed by atoms with Crippen molar-refractivity contribution in [1.82, 2.24) is 5.32 Å². The van der Waals surface area contributed by atoms with Gasteiger partial charge in [0.25, 0.3) is 0 Å². The van der Waals surface area contributed by atoms with Crippen LogP contribution in [0.25, 0.3) is 0 Å². The smallest absolute Gasteiger partial charge is 0.0898 e. The van der Waals surface area contributed by atoms with Crippen LogP contribution >= 0.6 is 11.6 Å². The molecule has 3 rings (SSSR count). The zero-order valence-electron chi connectivity index (χ0n) is 14.6. The van der Waals surface area contributed by atoms with Crippen molar-refractivity contribution in [2.24, 2.45) is 0 Å². The highest BCUT2D eigenvalue weighted by Crippen LogP contribution is 2.29. The summed E-state index contributed by atoms with van der Waals surface area (Å²) >= 11 is 5.91. The molecule has 3 atom stereocenters. The molecule has 0 saturated heterocycles. The second kappa shape index (κ2) is 8.81. The molecule has 0 unspecified atom stereocenters. The summed E-state index contributed by atoms with van der Waals surface area (Å²) in [5.41, 5.74) is 3.86. The summed E-state index contributed by atoms with van der Waals surface area (Å²) in [6.45, 7) is 2.83. The molecule has 0 amide bonds. The minimum atomic E-state index is -0.524. The Morgan fingerprint density at radius 3 is 2.76 bits per heavy atom. The highest BCUT2D eigenvalue weighted by Gasteiger charge is 2.20. The number of aryl methyl sites for hydroxylation is 1. The lowest BCUT2D eigenvalue weighted by atomic mass is 9.88. The van der Waals surface area contributed by atoms with E-state index in [9.17, 15) is 5.11 Å². The Hall–Kier alpha value is -1.39. The highest BCUT2D eigenvalue weighted by molar-refractivity contribution is 6.30. The van der Waals surface area contributed by atoms with Gasteiger partial charge in [0.2, 0.25) is 0 Å². The number of benzene rings is 2. The van der Waals surface area contributed by atoms with Crippen LogP contribution < -0.4 is 5.32 Å². The normalized spacial score (nSPS) is 19.2. The second-order valence-electron chi connectivity index (χ2n) is 6.73. The summed E-state index contributed by atoms with van der Waals surface area (Å²) in [7, 11) is 0. The molecule has 3 nitrogen and oxygen atoms in total. The molecule has 0 fully saturated rings. The van der Waals surface area contributed by atoms with Gasteiger partial charge in [0.1, 0.15) is 0 Å². The SMILES string of the molecule is C[C@H](OC[C@@H](O)CN[C@@H]1CCCc2ccccc21)c1ccc(Cl)cc1. The van der Waals surface area contributed by atoms with Crippen molar-refractivity contribution < 1.29 is 9.84 Å². The van der Waals surface area contributed by atoms with Crippen molar-refractivity contribution >= 4 is 11.6 Å². The Kier molecular flexibility index (Phi) is 6.49. The van der Waals surface area contributed by atoms with Gasteiger partial charge in [0.05, 0.1) is 18.8 Å². The first-order valence-corrected chi connectivity index (χ1v) is 9.37. The fourth-order valence-corrected chi connectivity index (χ4v) is 3.51. The number of ether oxygens (including phenoxy) is 1. The quantitative estimate of drug-likeness (QED) is 0.767. The molecule has 0 bridgehead atoms. The van der Waals surface area contributed by atoms with Crippen molar-refractivity contribution in [2.45, 2.75) is 44.4 Å². The molecular weight excluding hydrogens is 334 g/mol. The van der Waals surface area contributed by atoms with E-state index in [1.165, 1.54) is 17.5 Å². The Morgan fingerprint density at radius 2 is 1.96 bits per heavy atom. The van der Waals surface area contributed by atoms with Crippen molar-refractivity contribution in [3.05, 3.63) is 70.2 Å². The van der Waals surface area contributed by atoms with E-state index in [2.05, 4.69) is 29.6 Å². The third-order valence-electron chi connectivity index (χ3n) is 4.85. The molecule has 0 heterocycles. The molecule has 134 valence electrons. The van der Waals surface area contributed by atoms with E-state index in [-0.39, 0.29) is 6.10 Å². The zero-order chi connectivity index (χ0) is 17.6. The van der Waals surface area contributed by atoms with E-state index in [0.717, 1.165) is 18.4 Å². The Bertz CT molecular complexity index is 674. The van der Waals surface area contributed by atoms with Gasteiger partial charge in [0, 0.05) is 17.6 Å². The maximum atomic E-state index is 10.3. The van der Waals surface area contributed by atoms with Gasteiger partial charge in [-0.1, -0.05) is 48.0 Å². The highest BCUT2D eigenvalue weighted by atomic mass is 35.5. The van der Waals surface area contributed by atoms with Crippen LogP contribution in [0.5, 0.6) is 0 Å². The molecular formula is C21H26ClNO2. The molecule has 25 heavy (non-hydrogen) atoms. The van der Waals surface area contributed by atoms with E-state index in [4.69, 9.17) is 16.3 Å². The van der Waals surface area contributed by atoms with E-state index < -0.39 is 6.10 Å². The topological polar surface area (TPSA) is 41.5 Å². The molecule has 0 radical (unpaired) electrons. The first-order chi connectivity index (χ1) is 12.1. The number of aliphatic hydroxyl groups excluding tert-OH is 1. The van der Waals surface area contributed by atoms with Crippen LogP contribution in [0.4, 0.5) is 0 Å². The van der Waals surface area contributed by atoms with Crippen LogP contribution in [0, 0.1) is 0 Å². The lowest BCUT2D eigenvalue weighted by molar-refractivity contribution is -0.00309. The molecule has 2 aromatic rings. The number of hydrogen-bond acceptors (Lipinski definition) is 3. The predicted octanol–water partition coefficient (Wildman–Crippen LogP) is 4.45. The summed E-state index contributed by atoms with van der Waals surface area (Å²) in [6, 6.07) is 16.5. The Balaban J connectivity index is 1.46. The van der Waals surface area contributed by atoms with Gasteiger partial charge in [-0.3, -0.25) is 0 Å². The third-order valence-corrected chi connectivity index (χ3v) is 5.10. The first-order valence-electron chi connectivity index (χ1n) is 9.00. The van der Waals surface area contributed by atoms with E-state index >= 15 is 0 Å². The van der Waals surface area contributed by atoms with Crippen LogP contribution in [-0.2, 0) is 11.2 Å². The lowest BCUT2D eigenvalue weighted by Crippen LogP contribution is -2.34. The van der Waals surface area contributed by atoms with Crippen LogP contribution in [0.15, 0.2) is 48.5 Å². The second-order valence-corrected chi connectivity index (χ2v) is 7.17. The first kappa shape index (κ1) is 18.4. The Labute approximate surface area is 155 Å². The van der Waals surface area contributed by atoms with E-state index in [0.29, 0.717) is 24.2 Å². The van der Waals surface area contributed by atoms with Crippen LogP contribution in [0.2, 0.25) is 5.02 Å². The van der Waals surface area contributed by atoms with E-state index in [1.54, 1.807) is 0 Å². The minimum Gasteiger partial charge on any atom is -0.389 e.